The molecule has 4 N–H and O–H groups in total. The maximum Gasteiger partial charge on any atom is 0.275 e. The molecule has 0 spiro atoms. The van der Waals surface area contributed by atoms with Gasteiger partial charge in [-0.3, -0.25) is 4.79 Å². The highest BCUT2D eigenvalue weighted by atomic mass is 32.1. The number of nitrogens with one attached hydrogen (secondary N) is 1. The zero-order valence-electron chi connectivity index (χ0n) is 9.18. The second-order valence-corrected chi connectivity index (χ2v) is 4.39. The van der Waals surface area contributed by atoms with Gasteiger partial charge in [0.1, 0.15) is 10.7 Å². The van der Waals surface area contributed by atoms with Gasteiger partial charge in [-0.2, -0.15) is 0 Å². The SMILES string of the molecule is NCc1nc(C(=O)Nc2ccc(O)c(F)c2)cs1. The van der Waals surface area contributed by atoms with Crippen molar-refractivity contribution in [2.24, 2.45) is 5.73 Å². The van der Waals surface area contributed by atoms with Crippen molar-refractivity contribution in [1.82, 2.24) is 4.98 Å². The van der Waals surface area contributed by atoms with Gasteiger partial charge in [0.15, 0.2) is 11.6 Å². The molecule has 1 amide bonds. The fourth-order valence-electron chi connectivity index (χ4n) is 1.29. The van der Waals surface area contributed by atoms with Crippen LogP contribution in [0.25, 0.3) is 0 Å². The van der Waals surface area contributed by atoms with E-state index >= 15 is 0 Å². The first-order chi connectivity index (χ1) is 8.60. The van der Waals surface area contributed by atoms with E-state index in [1.807, 2.05) is 0 Å². The molecule has 0 radical (unpaired) electrons. The number of hydrogen-bond donors (Lipinski definition) is 3. The molecule has 94 valence electrons. The number of phenols is 1. The summed E-state index contributed by atoms with van der Waals surface area (Å²) in [6.07, 6.45) is 0. The molecular weight excluding hydrogens is 257 g/mol. The smallest absolute Gasteiger partial charge is 0.275 e. The molecule has 0 saturated heterocycles. The fraction of sp³-hybridized carbons (Fsp3) is 0.0909. The number of aromatic nitrogens is 1. The van der Waals surface area contributed by atoms with Crippen LogP contribution in [0.3, 0.4) is 0 Å². The fourth-order valence-corrected chi connectivity index (χ4v) is 1.94. The third-order valence-electron chi connectivity index (χ3n) is 2.16. The first-order valence-electron chi connectivity index (χ1n) is 5.04. The first-order valence-corrected chi connectivity index (χ1v) is 5.92. The van der Waals surface area contributed by atoms with Gasteiger partial charge in [-0.05, 0) is 12.1 Å². The largest absolute Gasteiger partial charge is 0.505 e. The Morgan fingerprint density at radius 1 is 1.56 bits per heavy atom. The Hall–Kier alpha value is -1.99. The Labute approximate surface area is 106 Å². The van der Waals surface area contributed by atoms with Crippen molar-refractivity contribution in [1.29, 1.82) is 0 Å². The summed E-state index contributed by atoms with van der Waals surface area (Å²) in [5.74, 6) is -1.71. The molecular formula is C11H10FN3O2S. The van der Waals surface area contributed by atoms with E-state index in [2.05, 4.69) is 10.3 Å². The Kier molecular flexibility index (Phi) is 3.54. The van der Waals surface area contributed by atoms with Gasteiger partial charge in [-0.1, -0.05) is 0 Å². The lowest BCUT2D eigenvalue weighted by Gasteiger charge is -2.03. The van der Waals surface area contributed by atoms with Crippen LogP contribution in [0, 0.1) is 5.82 Å². The van der Waals surface area contributed by atoms with Crippen molar-refractivity contribution < 1.29 is 14.3 Å². The number of hydrogen-bond acceptors (Lipinski definition) is 5. The van der Waals surface area contributed by atoms with Gasteiger partial charge in [0.25, 0.3) is 5.91 Å². The minimum Gasteiger partial charge on any atom is -0.505 e. The van der Waals surface area contributed by atoms with E-state index in [9.17, 15) is 9.18 Å². The first kappa shape index (κ1) is 12.5. The van der Waals surface area contributed by atoms with Crippen LogP contribution in [0.15, 0.2) is 23.6 Å². The average Bonchev–Trinajstić information content (AvgIpc) is 2.82. The van der Waals surface area contributed by atoms with Crippen LogP contribution in [0.2, 0.25) is 0 Å². The number of halogens is 1. The van der Waals surface area contributed by atoms with Gasteiger partial charge in [0.05, 0.1) is 0 Å². The molecule has 18 heavy (non-hydrogen) atoms. The third-order valence-corrected chi connectivity index (χ3v) is 3.04. The molecule has 0 bridgehead atoms. The minimum absolute atomic E-state index is 0.230. The van der Waals surface area contributed by atoms with Gasteiger partial charge in [-0.15, -0.1) is 11.3 Å². The minimum atomic E-state index is -0.797. The lowest BCUT2D eigenvalue weighted by atomic mass is 10.3. The number of carbonyl (C=O) groups excluding carboxylic acids is 1. The highest BCUT2D eigenvalue weighted by Crippen LogP contribution is 2.20. The highest BCUT2D eigenvalue weighted by Gasteiger charge is 2.11. The number of nitrogens with zero attached hydrogens (tertiary/aromatic N) is 1. The van der Waals surface area contributed by atoms with Gasteiger partial charge in [0.2, 0.25) is 0 Å². The average molecular weight is 267 g/mol. The van der Waals surface area contributed by atoms with E-state index in [4.69, 9.17) is 10.8 Å². The lowest BCUT2D eigenvalue weighted by Crippen LogP contribution is -2.12. The van der Waals surface area contributed by atoms with Crippen molar-refractivity contribution in [3.8, 4) is 5.75 Å². The number of carbonyl (C=O) groups is 1. The number of aromatic hydroxyl groups is 1. The predicted molar refractivity (Wildman–Crippen MR) is 66.0 cm³/mol. The number of anilines is 1. The zero-order chi connectivity index (χ0) is 13.1. The molecule has 0 unspecified atom stereocenters. The Bertz CT molecular complexity index is 585. The Morgan fingerprint density at radius 3 is 2.94 bits per heavy atom. The molecule has 5 nitrogen and oxygen atoms in total. The second kappa shape index (κ2) is 5.11. The highest BCUT2D eigenvalue weighted by molar-refractivity contribution is 7.09. The lowest BCUT2D eigenvalue weighted by molar-refractivity contribution is 0.102. The molecule has 0 atom stereocenters. The quantitative estimate of drug-likeness (QED) is 0.738. The van der Waals surface area contributed by atoms with Crippen molar-refractivity contribution >= 4 is 22.9 Å². The van der Waals surface area contributed by atoms with E-state index in [1.54, 1.807) is 5.38 Å². The summed E-state index contributed by atoms with van der Waals surface area (Å²) >= 11 is 1.28. The number of benzene rings is 1. The van der Waals surface area contributed by atoms with E-state index in [-0.39, 0.29) is 17.9 Å². The van der Waals surface area contributed by atoms with Crippen molar-refractivity contribution in [2.45, 2.75) is 6.54 Å². The summed E-state index contributed by atoms with van der Waals surface area (Å²) in [6.45, 7) is 0.270. The third kappa shape index (κ3) is 2.63. The molecule has 2 rings (SSSR count). The van der Waals surface area contributed by atoms with Crippen LogP contribution >= 0.6 is 11.3 Å². The molecule has 1 heterocycles. The van der Waals surface area contributed by atoms with Crippen LogP contribution in [-0.2, 0) is 6.54 Å². The number of rotatable bonds is 3. The second-order valence-electron chi connectivity index (χ2n) is 3.45. The topological polar surface area (TPSA) is 88.2 Å². The van der Waals surface area contributed by atoms with Crippen LogP contribution in [-0.4, -0.2) is 16.0 Å². The van der Waals surface area contributed by atoms with Crippen LogP contribution in [0.5, 0.6) is 5.75 Å². The molecule has 0 aliphatic rings. The summed E-state index contributed by atoms with van der Waals surface area (Å²) in [5.41, 5.74) is 5.87. The molecule has 1 aromatic heterocycles. The van der Waals surface area contributed by atoms with Gasteiger partial charge in [0, 0.05) is 23.7 Å². The summed E-state index contributed by atoms with van der Waals surface area (Å²) in [7, 11) is 0. The van der Waals surface area contributed by atoms with Gasteiger partial charge >= 0.3 is 0 Å². The monoisotopic (exact) mass is 267 g/mol. The summed E-state index contributed by atoms with van der Waals surface area (Å²) in [5, 5.41) is 13.7. The normalized spacial score (nSPS) is 10.3. The van der Waals surface area contributed by atoms with Crippen molar-refractivity contribution in [3.63, 3.8) is 0 Å². The number of thiazole rings is 1. The van der Waals surface area contributed by atoms with Crippen LogP contribution in [0.1, 0.15) is 15.5 Å². The Morgan fingerprint density at radius 2 is 2.33 bits per heavy atom. The standard InChI is InChI=1S/C11H10FN3O2S/c12-7-3-6(1-2-9(7)16)14-11(17)8-5-18-10(4-13)15-8/h1-3,5,16H,4,13H2,(H,14,17). The number of amides is 1. The molecule has 0 aliphatic heterocycles. The summed E-state index contributed by atoms with van der Waals surface area (Å²) in [6, 6.07) is 3.59. The van der Waals surface area contributed by atoms with Crippen LogP contribution in [0.4, 0.5) is 10.1 Å². The molecule has 7 heteroatoms. The van der Waals surface area contributed by atoms with Crippen LogP contribution < -0.4 is 11.1 Å². The van der Waals surface area contributed by atoms with Gasteiger partial charge in [-0.25, -0.2) is 9.37 Å². The van der Waals surface area contributed by atoms with Crippen molar-refractivity contribution in [2.75, 3.05) is 5.32 Å². The van der Waals surface area contributed by atoms with E-state index < -0.39 is 17.5 Å². The van der Waals surface area contributed by atoms with E-state index in [1.165, 1.54) is 17.4 Å². The maximum atomic E-state index is 13.1. The van der Waals surface area contributed by atoms with E-state index in [0.717, 1.165) is 12.1 Å². The Balaban J connectivity index is 2.13. The molecule has 0 fully saturated rings. The molecule has 2 aromatic rings. The number of nitrogens with two attached hydrogens (primary N) is 1. The van der Waals surface area contributed by atoms with E-state index in [0.29, 0.717) is 5.01 Å². The van der Waals surface area contributed by atoms with Gasteiger partial charge < -0.3 is 16.2 Å². The summed E-state index contributed by atoms with van der Waals surface area (Å²) < 4.78 is 13.1. The summed E-state index contributed by atoms with van der Waals surface area (Å²) in [4.78, 5) is 15.8. The number of phenolic OH excluding ortho intramolecular Hbond substituents is 1. The predicted octanol–water partition coefficient (Wildman–Crippen LogP) is 1.70. The molecule has 0 saturated carbocycles. The molecule has 0 aliphatic carbocycles. The maximum absolute atomic E-state index is 13.1. The zero-order valence-corrected chi connectivity index (χ0v) is 10.00. The van der Waals surface area contributed by atoms with Crippen molar-refractivity contribution in [3.05, 3.63) is 40.1 Å². The molecule has 1 aromatic carbocycles.